The van der Waals surface area contributed by atoms with Crippen LogP contribution in [0.4, 0.5) is 25.8 Å². The molecule has 15 nitrogen and oxygen atoms in total. The van der Waals surface area contributed by atoms with Crippen LogP contribution in [0.3, 0.4) is 0 Å². The Bertz CT molecular complexity index is 1890. The van der Waals surface area contributed by atoms with E-state index in [1.165, 1.54) is 17.3 Å². The predicted octanol–water partition coefficient (Wildman–Crippen LogP) is 4.04. The van der Waals surface area contributed by atoms with Crippen LogP contribution in [0, 0.1) is 11.6 Å². The van der Waals surface area contributed by atoms with Crippen molar-refractivity contribution >= 4 is 39.8 Å². The number of aromatic amines is 1. The number of rotatable bonds is 12. The molecule has 270 valence electrons. The normalized spacial score (nSPS) is 20.2. The Kier molecular flexibility index (Phi) is 9.90. The highest BCUT2D eigenvalue weighted by Crippen LogP contribution is 2.38. The minimum absolute atomic E-state index is 0.0596. The summed E-state index contributed by atoms with van der Waals surface area (Å²) in [6, 6.07) is 15.3. The van der Waals surface area contributed by atoms with Gasteiger partial charge in [-0.2, -0.15) is 0 Å². The molecule has 2 amide bonds. The number of hydroxylamine groups is 3. The Hall–Kier alpha value is -5.04. The van der Waals surface area contributed by atoms with Crippen molar-refractivity contribution in [2.45, 2.75) is 44.1 Å². The molecule has 2 atom stereocenters. The van der Waals surface area contributed by atoms with Crippen molar-refractivity contribution in [3.05, 3.63) is 78.0 Å². The maximum absolute atomic E-state index is 13.7. The number of halogens is 2. The first kappa shape index (κ1) is 34.4. The number of fused-ring (bicyclic) bond motifs is 2. The molecule has 0 spiro atoms. The van der Waals surface area contributed by atoms with Crippen LogP contribution >= 0.6 is 0 Å². The quantitative estimate of drug-likeness (QED) is 0.135. The lowest BCUT2D eigenvalue weighted by atomic mass is 10.1. The second-order valence-corrected chi connectivity index (χ2v) is 12.3. The van der Waals surface area contributed by atoms with Crippen molar-refractivity contribution in [2.24, 2.45) is 0 Å². The predicted molar refractivity (Wildman–Crippen MR) is 179 cm³/mol. The Morgan fingerprint density at radius 1 is 1.00 bits per heavy atom. The number of aliphatic hydroxyl groups is 1. The highest BCUT2D eigenvalue weighted by molar-refractivity contribution is 5.99. The van der Waals surface area contributed by atoms with Crippen molar-refractivity contribution < 1.29 is 47.7 Å². The number of H-pyrrole nitrogens is 1. The monoisotopic (exact) mass is 709 g/mol. The third-order valence-corrected chi connectivity index (χ3v) is 8.66. The summed E-state index contributed by atoms with van der Waals surface area (Å²) in [6.45, 7) is 1.89. The highest BCUT2D eigenvalue weighted by atomic mass is 19.1. The summed E-state index contributed by atoms with van der Waals surface area (Å²) >= 11 is 0. The average molecular weight is 710 g/mol. The molecule has 2 saturated heterocycles. The van der Waals surface area contributed by atoms with Gasteiger partial charge in [0.05, 0.1) is 24.1 Å². The lowest BCUT2D eigenvalue weighted by Crippen LogP contribution is -2.48. The molecule has 0 radical (unpaired) electrons. The van der Waals surface area contributed by atoms with Gasteiger partial charge < -0.3 is 35.3 Å². The van der Waals surface area contributed by atoms with Gasteiger partial charge in [-0.15, -0.1) is 0 Å². The van der Waals surface area contributed by atoms with Crippen LogP contribution in [-0.2, 0) is 19.3 Å². The lowest BCUT2D eigenvalue weighted by Gasteiger charge is -2.28. The molecule has 5 N–H and O–H groups in total. The fraction of sp³-hybridized carbons (Fsp3) is 0.353. The van der Waals surface area contributed by atoms with Crippen LogP contribution in [0.5, 0.6) is 11.5 Å². The fourth-order valence-corrected chi connectivity index (χ4v) is 5.91. The number of likely N-dealkylation sites (N-methyl/N-ethyl adjacent to an activating group) is 1. The standard InChI is InChI=1S/C34H37F2N7O8/c1-41(26-18-22(35)17-23(36)19-26)33(45)34(46)10-13-42(51-34)25-6-7-27-21(15-25)16-28(39-27)32(44)38-12-4-2-3-11-37-24-5-8-29-30(20-24)50-43(49-29)31-9-14-47-40-48-31/h5-8,15-20,31,37,39-40,46H,2-4,9-14H2,1H3,(H,38,44). The van der Waals surface area contributed by atoms with E-state index in [9.17, 15) is 23.5 Å². The van der Waals surface area contributed by atoms with Gasteiger partial charge in [0.15, 0.2) is 11.5 Å². The van der Waals surface area contributed by atoms with Gasteiger partial charge in [0.1, 0.15) is 17.3 Å². The van der Waals surface area contributed by atoms with Crippen molar-refractivity contribution in [1.82, 2.24) is 21.2 Å². The Morgan fingerprint density at radius 3 is 2.61 bits per heavy atom. The van der Waals surface area contributed by atoms with Gasteiger partial charge in [-0.3, -0.25) is 24.3 Å². The topological polar surface area (TPSA) is 162 Å². The summed E-state index contributed by atoms with van der Waals surface area (Å²) in [5, 5.41) is 20.7. The maximum atomic E-state index is 13.7. The first-order chi connectivity index (χ1) is 24.6. The number of unbranched alkanes of at least 4 members (excludes halogenated alkanes) is 2. The van der Waals surface area contributed by atoms with E-state index in [2.05, 4.69) is 21.3 Å². The zero-order valence-electron chi connectivity index (χ0n) is 27.6. The third-order valence-electron chi connectivity index (χ3n) is 8.66. The van der Waals surface area contributed by atoms with Crippen molar-refractivity contribution in [3.63, 3.8) is 0 Å². The van der Waals surface area contributed by atoms with Gasteiger partial charge in [-0.05, 0) is 67.8 Å². The average Bonchev–Trinajstić information content (AvgIpc) is 3.87. The number of amides is 2. The molecule has 17 heteroatoms. The van der Waals surface area contributed by atoms with Gasteiger partial charge >= 0.3 is 0 Å². The number of aromatic nitrogens is 1. The van der Waals surface area contributed by atoms with Crippen LogP contribution in [0.1, 0.15) is 42.6 Å². The second-order valence-electron chi connectivity index (χ2n) is 12.3. The molecule has 4 aromatic rings. The molecule has 51 heavy (non-hydrogen) atoms. The molecule has 0 saturated carbocycles. The second kappa shape index (κ2) is 14.7. The van der Waals surface area contributed by atoms with Gasteiger partial charge in [0.25, 0.3) is 17.6 Å². The van der Waals surface area contributed by atoms with Crippen LogP contribution < -0.4 is 35.9 Å². The van der Waals surface area contributed by atoms with Crippen LogP contribution in [0.15, 0.2) is 60.7 Å². The number of nitrogens with zero attached hydrogens (tertiary/aromatic N) is 3. The number of hydrogen-bond acceptors (Lipinski definition) is 12. The van der Waals surface area contributed by atoms with Crippen molar-refractivity contribution in [3.8, 4) is 11.5 Å². The van der Waals surface area contributed by atoms with Crippen molar-refractivity contribution in [2.75, 3.05) is 48.6 Å². The molecular weight excluding hydrogens is 672 g/mol. The number of hydrogen-bond donors (Lipinski definition) is 5. The fourth-order valence-electron chi connectivity index (χ4n) is 5.91. The molecule has 4 heterocycles. The van der Waals surface area contributed by atoms with Crippen LogP contribution in [0.2, 0.25) is 0 Å². The van der Waals surface area contributed by atoms with E-state index in [-0.39, 0.29) is 24.6 Å². The third kappa shape index (κ3) is 7.68. The minimum atomic E-state index is -2.24. The number of carbonyl (C=O) groups excluding carboxylic acids is 2. The number of benzene rings is 3. The number of carbonyl (C=O) groups is 2. The SMILES string of the molecule is CN(C(=O)C1(O)CCN(c2ccc3[nH]c(C(=O)NCCCCCNc4ccc5c(c4)ON(C4CCONO4)O5)cc3c2)O1)c1cc(F)cc(F)c1. The van der Waals surface area contributed by atoms with Gasteiger partial charge in [0.2, 0.25) is 6.23 Å². The number of nitrogens with one attached hydrogen (secondary N) is 4. The minimum Gasteiger partial charge on any atom is -0.385 e. The molecule has 3 aromatic carbocycles. The highest BCUT2D eigenvalue weighted by Gasteiger charge is 2.47. The molecule has 3 aliphatic heterocycles. The summed E-state index contributed by atoms with van der Waals surface area (Å²) in [5.74, 6) is -3.87. The van der Waals surface area contributed by atoms with E-state index in [1.54, 1.807) is 24.3 Å². The summed E-state index contributed by atoms with van der Waals surface area (Å²) in [5.41, 5.74) is 4.87. The van der Waals surface area contributed by atoms with E-state index in [4.69, 9.17) is 24.2 Å². The number of anilines is 3. The van der Waals surface area contributed by atoms with Gasteiger partial charge in [-0.1, -0.05) is 5.64 Å². The maximum Gasteiger partial charge on any atom is 0.289 e. The Morgan fingerprint density at radius 2 is 1.80 bits per heavy atom. The summed E-state index contributed by atoms with van der Waals surface area (Å²) in [4.78, 5) is 57.3. The van der Waals surface area contributed by atoms with Gasteiger partial charge in [-0.25, -0.2) is 13.6 Å². The summed E-state index contributed by atoms with van der Waals surface area (Å²) in [6.07, 6.45) is 2.65. The smallest absolute Gasteiger partial charge is 0.289 e. The first-order valence-corrected chi connectivity index (χ1v) is 16.5. The van der Waals surface area contributed by atoms with Crippen molar-refractivity contribution in [1.29, 1.82) is 0 Å². The Balaban J connectivity index is 0.843. The molecule has 7 rings (SSSR count). The zero-order chi connectivity index (χ0) is 35.5. The summed E-state index contributed by atoms with van der Waals surface area (Å²) < 4.78 is 27.4. The van der Waals surface area contributed by atoms with E-state index in [1.807, 2.05) is 18.2 Å². The molecular formula is C34H37F2N7O8. The Labute approximate surface area is 290 Å². The van der Waals surface area contributed by atoms with E-state index in [0.29, 0.717) is 48.5 Å². The van der Waals surface area contributed by atoms with E-state index >= 15 is 0 Å². The lowest BCUT2D eigenvalue weighted by molar-refractivity contribution is -0.376. The summed E-state index contributed by atoms with van der Waals surface area (Å²) in [7, 11) is 1.30. The van der Waals surface area contributed by atoms with Gasteiger partial charge in [0, 0.05) is 67.4 Å². The molecule has 0 bridgehead atoms. The molecule has 3 aliphatic rings. The zero-order valence-corrected chi connectivity index (χ0v) is 27.6. The molecule has 1 aromatic heterocycles. The largest absolute Gasteiger partial charge is 0.385 e. The van der Waals surface area contributed by atoms with E-state index in [0.717, 1.165) is 59.4 Å². The molecule has 0 aliphatic carbocycles. The van der Waals surface area contributed by atoms with E-state index < -0.39 is 29.6 Å². The first-order valence-electron chi connectivity index (χ1n) is 16.5. The van der Waals surface area contributed by atoms with Crippen LogP contribution in [-0.4, -0.2) is 72.4 Å². The van der Waals surface area contributed by atoms with Crippen LogP contribution in [0.25, 0.3) is 10.9 Å². The molecule has 2 unspecified atom stereocenters. The molecule has 2 fully saturated rings.